The first kappa shape index (κ1) is 18.4. The van der Waals surface area contributed by atoms with Crippen molar-refractivity contribution in [3.63, 3.8) is 0 Å². The second-order valence-electron chi connectivity index (χ2n) is 6.47. The summed E-state index contributed by atoms with van der Waals surface area (Å²) in [7, 11) is 3.08. The second kappa shape index (κ2) is 7.23. The number of anilines is 1. The first-order valence-electron chi connectivity index (χ1n) is 8.86. The first-order valence-corrected chi connectivity index (χ1v) is 8.86. The predicted octanol–water partition coefficient (Wildman–Crippen LogP) is 3.58. The van der Waals surface area contributed by atoms with Gasteiger partial charge in [-0.3, -0.25) is 9.48 Å². The van der Waals surface area contributed by atoms with E-state index in [9.17, 15) is 9.59 Å². The molecule has 4 rings (SSSR count). The summed E-state index contributed by atoms with van der Waals surface area (Å²) in [6, 6.07) is 11.8. The number of esters is 1. The van der Waals surface area contributed by atoms with E-state index >= 15 is 0 Å². The summed E-state index contributed by atoms with van der Waals surface area (Å²) in [6.45, 7) is 1.82. The number of pyridine rings is 1. The van der Waals surface area contributed by atoms with Crippen molar-refractivity contribution in [1.29, 1.82) is 0 Å². The number of hydrogen-bond donors (Lipinski definition) is 1. The van der Waals surface area contributed by atoms with Gasteiger partial charge < -0.3 is 14.5 Å². The van der Waals surface area contributed by atoms with Gasteiger partial charge in [-0.1, -0.05) is 6.07 Å². The maximum absolute atomic E-state index is 13.1. The van der Waals surface area contributed by atoms with Crippen molar-refractivity contribution in [3.8, 4) is 11.5 Å². The molecular weight excluding hydrogens is 372 g/mol. The van der Waals surface area contributed by atoms with Gasteiger partial charge in [-0.15, -0.1) is 0 Å². The second-order valence-corrected chi connectivity index (χ2v) is 6.47. The molecule has 0 fully saturated rings. The zero-order valence-corrected chi connectivity index (χ0v) is 16.1. The summed E-state index contributed by atoms with van der Waals surface area (Å²) >= 11 is 0. The molecule has 8 heteroatoms. The topological polar surface area (TPSA) is 99.2 Å². The number of fused-ring (bicyclic) bond motifs is 1. The highest BCUT2D eigenvalue weighted by atomic mass is 16.5. The summed E-state index contributed by atoms with van der Waals surface area (Å²) in [4.78, 5) is 29.5. The minimum atomic E-state index is -0.476. The van der Waals surface area contributed by atoms with Gasteiger partial charge in [-0.25, -0.2) is 9.78 Å². The Morgan fingerprint density at radius 2 is 2.00 bits per heavy atom. The monoisotopic (exact) mass is 390 g/mol. The Kier molecular flexibility index (Phi) is 4.59. The molecule has 0 aliphatic carbocycles. The highest BCUT2D eigenvalue weighted by Crippen LogP contribution is 2.28. The average molecular weight is 390 g/mol. The number of hydrogen-bond acceptors (Lipinski definition) is 6. The van der Waals surface area contributed by atoms with Crippen molar-refractivity contribution in [1.82, 2.24) is 14.8 Å². The number of furan rings is 1. The van der Waals surface area contributed by atoms with Crippen LogP contribution in [0.1, 0.15) is 26.4 Å². The zero-order chi connectivity index (χ0) is 20.5. The van der Waals surface area contributed by atoms with Crippen LogP contribution in [0.3, 0.4) is 0 Å². The van der Waals surface area contributed by atoms with Crippen LogP contribution in [0.4, 0.5) is 5.69 Å². The summed E-state index contributed by atoms with van der Waals surface area (Å²) in [5.41, 5.74) is 3.02. The number of nitrogens with one attached hydrogen (secondary N) is 1. The van der Waals surface area contributed by atoms with Gasteiger partial charge >= 0.3 is 5.97 Å². The van der Waals surface area contributed by atoms with Gasteiger partial charge in [0, 0.05) is 12.7 Å². The third kappa shape index (κ3) is 3.36. The molecule has 8 nitrogen and oxygen atoms in total. The molecule has 146 valence electrons. The van der Waals surface area contributed by atoms with Crippen molar-refractivity contribution < 1.29 is 18.7 Å². The molecule has 0 saturated carbocycles. The van der Waals surface area contributed by atoms with Crippen molar-refractivity contribution in [3.05, 3.63) is 65.5 Å². The molecule has 3 aromatic heterocycles. The fourth-order valence-electron chi connectivity index (χ4n) is 3.21. The lowest BCUT2D eigenvalue weighted by Gasteiger charge is -2.09. The van der Waals surface area contributed by atoms with Crippen LogP contribution in [0.25, 0.3) is 22.5 Å². The van der Waals surface area contributed by atoms with Crippen LogP contribution in [0.2, 0.25) is 0 Å². The maximum Gasteiger partial charge on any atom is 0.337 e. The van der Waals surface area contributed by atoms with Crippen LogP contribution in [0, 0.1) is 6.92 Å². The SMILES string of the molecule is COC(=O)c1cccc(NC(=O)c2cc(-c3ccco3)nc3c2c(C)nn3C)c1. The molecule has 0 radical (unpaired) electrons. The molecule has 4 aromatic rings. The Labute approximate surface area is 166 Å². The molecule has 29 heavy (non-hydrogen) atoms. The van der Waals surface area contributed by atoms with Crippen LogP contribution in [-0.4, -0.2) is 33.8 Å². The third-order valence-corrected chi connectivity index (χ3v) is 4.53. The summed E-state index contributed by atoms with van der Waals surface area (Å²) in [5.74, 6) is -0.272. The van der Waals surface area contributed by atoms with Crippen molar-refractivity contribution in [2.24, 2.45) is 7.05 Å². The van der Waals surface area contributed by atoms with Crippen molar-refractivity contribution in [2.75, 3.05) is 12.4 Å². The zero-order valence-electron chi connectivity index (χ0n) is 16.1. The minimum absolute atomic E-state index is 0.344. The van der Waals surface area contributed by atoms with E-state index in [0.717, 1.165) is 0 Å². The standard InChI is InChI=1S/C21H18N4O4/c1-12-18-15(20(26)22-14-7-4-6-13(10-14)21(27)28-3)11-16(17-8-5-9-29-17)23-19(18)25(2)24-12/h4-11H,1-3H3,(H,22,26). The van der Waals surface area contributed by atoms with Crippen LogP contribution in [0.5, 0.6) is 0 Å². The lowest BCUT2D eigenvalue weighted by molar-refractivity contribution is 0.0600. The van der Waals surface area contributed by atoms with Gasteiger partial charge in [-0.05, 0) is 43.3 Å². The molecule has 0 saturated heterocycles. The summed E-state index contributed by atoms with van der Waals surface area (Å²) in [5, 5.41) is 7.89. The Hall–Kier alpha value is -3.94. The van der Waals surface area contributed by atoms with Gasteiger partial charge in [0.1, 0.15) is 5.69 Å². The Bertz CT molecular complexity index is 1230. The quantitative estimate of drug-likeness (QED) is 0.535. The first-order chi connectivity index (χ1) is 14.0. The normalized spacial score (nSPS) is 10.9. The Morgan fingerprint density at radius 3 is 2.72 bits per heavy atom. The number of amides is 1. The lowest BCUT2D eigenvalue weighted by Crippen LogP contribution is -2.14. The van der Waals surface area contributed by atoms with Gasteiger partial charge in [-0.2, -0.15) is 5.10 Å². The van der Waals surface area contributed by atoms with E-state index in [0.29, 0.717) is 45.0 Å². The smallest absolute Gasteiger partial charge is 0.337 e. The third-order valence-electron chi connectivity index (χ3n) is 4.53. The van der Waals surface area contributed by atoms with E-state index in [4.69, 9.17) is 9.15 Å². The van der Waals surface area contributed by atoms with Gasteiger partial charge in [0.15, 0.2) is 11.4 Å². The van der Waals surface area contributed by atoms with E-state index in [2.05, 4.69) is 15.4 Å². The average Bonchev–Trinajstić information content (AvgIpc) is 3.35. The highest BCUT2D eigenvalue weighted by molar-refractivity contribution is 6.13. The molecule has 1 amide bonds. The number of nitrogens with zero attached hydrogens (tertiary/aromatic N) is 3. The number of benzene rings is 1. The summed E-state index contributed by atoms with van der Waals surface area (Å²) in [6.07, 6.45) is 1.55. The van der Waals surface area contributed by atoms with Gasteiger partial charge in [0.05, 0.1) is 35.6 Å². The van der Waals surface area contributed by atoms with E-state index in [1.54, 1.807) is 60.5 Å². The molecule has 0 spiro atoms. The molecule has 0 aliphatic rings. The van der Waals surface area contributed by atoms with Crippen LogP contribution >= 0.6 is 0 Å². The van der Waals surface area contributed by atoms with Crippen molar-refractivity contribution >= 4 is 28.6 Å². The predicted molar refractivity (Wildman–Crippen MR) is 107 cm³/mol. The molecule has 1 N–H and O–H groups in total. The molecule has 3 heterocycles. The molecule has 0 unspecified atom stereocenters. The van der Waals surface area contributed by atoms with Gasteiger partial charge in [0.25, 0.3) is 5.91 Å². The molecule has 1 aromatic carbocycles. The fourth-order valence-corrected chi connectivity index (χ4v) is 3.21. The molecule has 0 aliphatic heterocycles. The summed E-state index contributed by atoms with van der Waals surface area (Å²) < 4.78 is 11.8. The lowest BCUT2D eigenvalue weighted by atomic mass is 10.1. The maximum atomic E-state index is 13.1. The Morgan fingerprint density at radius 1 is 1.17 bits per heavy atom. The number of aryl methyl sites for hydroxylation is 2. The van der Waals surface area contributed by atoms with Crippen LogP contribution in [-0.2, 0) is 11.8 Å². The van der Waals surface area contributed by atoms with Crippen LogP contribution < -0.4 is 5.32 Å². The Balaban J connectivity index is 1.78. The molecule has 0 atom stereocenters. The molecular formula is C21H18N4O4. The number of methoxy groups -OCH3 is 1. The number of carbonyl (C=O) groups is 2. The van der Waals surface area contributed by atoms with E-state index in [-0.39, 0.29) is 5.91 Å². The van der Waals surface area contributed by atoms with E-state index in [1.807, 2.05) is 6.92 Å². The van der Waals surface area contributed by atoms with E-state index < -0.39 is 5.97 Å². The van der Waals surface area contributed by atoms with Gasteiger partial charge in [0.2, 0.25) is 0 Å². The van der Waals surface area contributed by atoms with E-state index in [1.165, 1.54) is 7.11 Å². The highest BCUT2D eigenvalue weighted by Gasteiger charge is 2.20. The molecule has 0 bridgehead atoms. The van der Waals surface area contributed by atoms with Crippen LogP contribution in [0.15, 0.2) is 53.1 Å². The largest absolute Gasteiger partial charge is 0.465 e. The number of ether oxygens (including phenoxy) is 1. The minimum Gasteiger partial charge on any atom is -0.465 e. The number of rotatable bonds is 4. The number of aromatic nitrogens is 3. The fraction of sp³-hybridized carbons (Fsp3) is 0.143. The number of carbonyl (C=O) groups excluding carboxylic acids is 2. The van der Waals surface area contributed by atoms with Crippen molar-refractivity contribution in [2.45, 2.75) is 6.92 Å².